The second-order valence-electron chi connectivity index (χ2n) is 5.75. The topological polar surface area (TPSA) is 56.5 Å². The molecule has 0 amide bonds. The van der Waals surface area contributed by atoms with Crippen LogP contribution in [0.25, 0.3) is 21.4 Å². The Kier molecular flexibility index (Phi) is 5.17. The summed E-state index contributed by atoms with van der Waals surface area (Å²) in [6, 6.07) is 14.6. The minimum atomic E-state index is -0.621. The largest absolute Gasteiger partial charge is 0.423 e. The van der Waals surface area contributed by atoms with Crippen LogP contribution in [0.5, 0.6) is 5.75 Å². The van der Waals surface area contributed by atoms with Crippen LogP contribution in [0.3, 0.4) is 0 Å². The van der Waals surface area contributed by atoms with E-state index < -0.39 is 10.9 Å². The number of hydrogen-bond acceptors (Lipinski definition) is 5. The molecule has 0 atom stereocenters. The van der Waals surface area contributed by atoms with Gasteiger partial charge in [-0.15, -0.1) is 0 Å². The van der Waals surface area contributed by atoms with Gasteiger partial charge in [0, 0.05) is 27.2 Å². The normalized spacial score (nSPS) is 11.0. The molecule has 0 aliphatic carbocycles. The molecule has 0 aliphatic rings. The van der Waals surface area contributed by atoms with Crippen LogP contribution >= 0.6 is 46.1 Å². The first-order valence-corrected chi connectivity index (χ1v) is 9.87. The average molecular weight is 452 g/mol. The number of rotatable bonds is 3. The maximum atomic E-state index is 12.5. The van der Waals surface area contributed by atoms with Crippen LogP contribution in [0.2, 0.25) is 15.1 Å². The summed E-state index contributed by atoms with van der Waals surface area (Å²) in [5.74, 6) is -0.399. The van der Waals surface area contributed by atoms with E-state index in [0.717, 1.165) is 11.3 Å². The summed E-state index contributed by atoms with van der Waals surface area (Å²) in [4.78, 5) is 23.8. The van der Waals surface area contributed by atoms with Crippen molar-refractivity contribution in [1.29, 1.82) is 0 Å². The summed E-state index contributed by atoms with van der Waals surface area (Å²) >= 11 is 19.4. The molecule has 4 aromatic rings. The van der Waals surface area contributed by atoms with Crippen LogP contribution in [0, 0.1) is 0 Å². The maximum absolute atomic E-state index is 12.5. The molecule has 0 N–H and O–H groups in total. The molecule has 4 nitrogen and oxygen atoms in total. The van der Waals surface area contributed by atoms with Gasteiger partial charge in [-0.05, 0) is 36.4 Å². The molecule has 0 unspecified atom stereocenters. The molecule has 140 valence electrons. The molecule has 0 bridgehead atoms. The first-order chi connectivity index (χ1) is 13.4. The third kappa shape index (κ3) is 3.66. The SMILES string of the molecule is O=C(Oc1cc(-c2cc(Cl)ccc2Cl)c2oc(=O)sc2c1)c1ccccc1Cl. The van der Waals surface area contributed by atoms with Crippen LogP contribution in [0.15, 0.2) is 63.8 Å². The molecule has 3 aromatic carbocycles. The van der Waals surface area contributed by atoms with Gasteiger partial charge in [0.1, 0.15) is 5.75 Å². The molecule has 0 saturated heterocycles. The summed E-state index contributed by atoms with van der Waals surface area (Å²) in [5, 5.41) is 1.15. The van der Waals surface area contributed by atoms with Gasteiger partial charge in [-0.2, -0.15) is 0 Å². The van der Waals surface area contributed by atoms with Crippen LogP contribution < -0.4 is 9.68 Å². The Labute approximate surface area is 177 Å². The fraction of sp³-hybridized carbons (Fsp3) is 0. The number of carbonyl (C=O) groups excluding carboxylic acids is 1. The van der Waals surface area contributed by atoms with Gasteiger partial charge in [0.15, 0.2) is 5.58 Å². The Morgan fingerprint density at radius 2 is 1.71 bits per heavy atom. The lowest BCUT2D eigenvalue weighted by Crippen LogP contribution is -2.09. The first kappa shape index (κ1) is 19.0. The van der Waals surface area contributed by atoms with E-state index in [2.05, 4.69) is 0 Å². The van der Waals surface area contributed by atoms with Crippen LogP contribution in [0.1, 0.15) is 10.4 Å². The average Bonchev–Trinajstić information content (AvgIpc) is 3.03. The van der Waals surface area contributed by atoms with Gasteiger partial charge >= 0.3 is 10.9 Å². The standard InChI is InChI=1S/C20H9Cl3O4S/c21-10-5-6-16(23)13(7-10)14-8-11(9-17-18(14)27-20(25)28-17)26-19(24)12-3-1-2-4-15(12)22/h1-9H. The minimum Gasteiger partial charge on any atom is -0.423 e. The van der Waals surface area contributed by atoms with Crippen molar-refractivity contribution < 1.29 is 13.9 Å². The van der Waals surface area contributed by atoms with Gasteiger partial charge in [-0.1, -0.05) is 58.3 Å². The van der Waals surface area contributed by atoms with Gasteiger partial charge in [-0.25, -0.2) is 9.59 Å². The Balaban J connectivity index is 1.85. The second kappa shape index (κ2) is 7.60. The molecule has 4 rings (SSSR count). The number of halogens is 3. The van der Waals surface area contributed by atoms with Crippen molar-refractivity contribution in [1.82, 2.24) is 0 Å². The van der Waals surface area contributed by atoms with Crippen LogP contribution in [-0.4, -0.2) is 5.97 Å². The molecule has 28 heavy (non-hydrogen) atoms. The van der Waals surface area contributed by atoms with Crippen molar-refractivity contribution in [2.75, 3.05) is 0 Å². The van der Waals surface area contributed by atoms with Crippen LogP contribution in [-0.2, 0) is 0 Å². The predicted molar refractivity (Wildman–Crippen MR) is 112 cm³/mol. The van der Waals surface area contributed by atoms with Gasteiger partial charge in [0.25, 0.3) is 0 Å². The van der Waals surface area contributed by atoms with Gasteiger partial charge in [0.2, 0.25) is 0 Å². The van der Waals surface area contributed by atoms with Crippen molar-refractivity contribution in [2.45, 2.75) is 0 Å². The van der Waals surface area contributed by atoms with E-state index in [-0.39, 0.29) is 16.3 Å². The summed E-state index contributed by atoms with van der Waals surface area (Å²) in [5.41, 5.74) is 1.62. The molecular formula is C20H9Cl3O4S. The highest BCUT2D eigenvalue weighted by Crippen LogP contribution is 2.39. The zero-order chi connectivity index (χ0) is 19.8. The van der Waals surface area contributed by atoms with E-state index in [1.54, 1.807) is 54.6 Å². The molecule has 0 radical (unpaired) electrons. The smallest absolute Gasteiger partial charge is 0.396 e. The Morgan fingerprint density at radius 1 is 0.929 bits per heavy atom. The summed E-state index contributed by atoms with van der Waals surface area (Å²) in [6.45, 7) is 0. The number of esters is 1. The highest BCUT2D eigenvalue weighted by atomic mass is 35.5. The number of hydrogen-bond donors (Lipinski definition) is 0. The van der Waals surface area contributed by atoms with Crippen molar-refractivity contribution >= 4 is 62.4 Å². The van der Waals surface area contributed by atoms with Gasteiger partial charge < -0.3 is 9.15 Å². The van der Waals surface area contributed by atoms with Crippen molar-refractivity contribution in [3.63, 3.8) is 0 Å². The number of carbonyl (C=O) groups is 1. The van der Waals surface area contributed by atoms with E-state index >= 15 is 0 Å². The van der Waals surface area contributed by atoms with Crippen molar-refractivity contribution in [2.24, 2.45) is 0 Å². The fourth-order valence-corrected chi connectivity index (χ4v) is 4.03. The lowest BCUT2D eigenvalue weighted by Gasteiger charge is -2.10. The van der Waals surface area contributed by atoms with E-state index in [9.17, 15) is 9.59 Å². The van der Waals surface area contributed by atoms with E-state index in [4.69, 9.17) is 44.0 Å². The molecule has 8 heteroatoms. The first-order valence-electron chi connectivity index (χ1n) is 7.92. The highest BCUT2D eigenvalue weighted by molar-refractivity contribution is 7.16. The third-order valence-corrected chi connectivity index (χ3v) is 5.60. The molecule has 0 saturated carbocycles. The lowest BCUT2D eigenvalue weighted by molar-refractivity contribution is 0.0735. The van der Waals surface area contributed by atoms with Gasteiger partial charge in [-0.3, -0.25) is 0 Å². The van der Waals surface area contributed by atoms with Crippen molar-refractivity contribution in [3.05, 3.63) is 85.0 Å². The zero-order valence-electron chi connectivity index (χ0n) is 13.9. The molecule has 0 fully saturated rings. The second-order valence-corrected chi connectivity index (χ2v) is 7.97. The van der Waals surface area contributed by atoms with E-state index in [1.807, 2.05) is 0 Å². The minimum absolute atomic E-state index is 0.223. The van der Waals surface area contributed by atoms with Crippen molar-refractivity contribution in [3.8, 4) is 16.9 Å². The summed E-state index contributed by atoms with van der Waals surface area (Å²) in [7, 11) is 0. The molecule has 0 spiro atoms. The monoisotopic (exact) mass is 450 g/mol. The van der Waals surface area contributed by atoms with E-state index in [1.165, 1.54) is 0 Å². The molecular weight excluding hydrogens is 443 g/mol. The number of fused-ring (bicyclic) bond motifs is 1. The Morgan fingerprint density at radius 3 is 2.50 bits per heavy atom. The highest BCUT2D eigenvalue weighted by Gasteiger charge is 2.18. The molecule has 0 aliphatic heterocycles. The van der Waals surface area contributed by atoms with E-state index in [0.29, 0.717) is 31.5 Å². The maximum Gasteiger partial charge on any atom is 0.396 e. The predicted octanol–water partition coefficient (Wildman–Crippen LogP) is 6.70. The third-order valence-electron chi connectivity index (χ3n) is 3.93. The number of ether oxygens (including phenoxy) is 1. The zero-order valence-corrected chi connectivity index (χ0v) is 17.0. The van der Waals surface area contributed by atoms with Gasteiger partial charge in [0.05, 0.1) is 15.3 Å². The Hall–Kier alpha value is -2.31. The lowest BCUT2D eigenvalue weighted by atomic mass is 10.0. The summed E-state index contributed by atoms with van der Waals surface area (Å²) < 4.78 is 11.3. The number of benzene rings is 3. The fourth-order valence-electron chi connectivity index (χ4n) is 2.70. The Bertz CT molecular complexity index is 1280. The summed E-state index contributed by atoms with van der Waals surface area (Å²) in [6.07, 6.45) is 0. The molecule has 1 heterocycles. The quantitative estimate of drug-likeness (QED) is 0.257. The molecule has 1 aromatic heterocycles. The van der Waals surface area contributed by atoms with Crippen LogP contribution in [0.4, 0.5) is 0 Å².